The van der Waals surface area contributed by atoms with E-state index in [1.165, 1.54) is 10.4 Å². The van der Waals surface area contributed by atoms with Crippen molar-refractivity contribution in [2.75, 3.05) is 36.4 Å². The number of rotatable bonds is 6. The van der Waals surface area contributed by atoms with Gasteiger partial charge in [0, 0.05) is 50.0 Å². The highest BCUT2D eigenvalue weighted by atomic mass is 32.2. The van der Waals surface area contributed by atoms with Gasteiger partial charge in [0.15, 0.2) is 0 Å². The third-order valence-corrected chi connectivity index (χ3v) is 9.17. The van der Waals surface area contributed by atoms with Crippen LogP contribution in [0, 0.1) is 17.8 Å². The maximum absolute atomic E-state index is 13.1. The summed E-state index contributed by atoms with van der Waals surface area (Å²) in [6, 6.07) is 8.97. The molecule has 0 radical (unpaired) electrons. The van der Waals surface area contributed by atoms with Crippen LogP contribution in [0.3, 0.4) is 0 Å². The number of primary amides is 1. The summed E-state index contributed by atoms with van der Waals surface area (Å²) in [4.78, 5) is 17.6. The molecule has 188 valence electrons. The van der Waals surface area contributed by atoms with Crippen molar-refractivity contribution in [2.45, 2.75) is 30.0 Å². The minimum Gasteiger partial charge on any atom is -0.371 e. The SMILES string of the molecule is NC(=O)C1[C@H]2CN(c3ccc(S(=O)(=O)N4CCC(Nc5ccc(C(F)(F)F)cn5)CC4)cc3)C[C@@H]12. The van der Waals surface area contributed by atoms with E-state index in [2.05, 4.69) is 15.2 Å². The monoisotopic (exact) mass is 509 g/mol. The fourth-order valence-corrected chi connectivity index (χ4v) is 6.70. The standard InChI is InChI=1S/C23H26F3N5O3S/c24-23(25,26)14-1-6-20(28-11-14)29-15-7-9-31(10-8-15)35(33,34)17-4-2-16(3-5-17)30-12-18-19(13-30)21(18)22(27)32/h1-6,11,15,18-19,21H,7-10,12-13H2,(H2,27,32)(H,28,29)/t18-,19+,21?. The van der Waals surface area contributed by atoms with Crippen molar-refractivity contribution in [3.63, 3.8) is 0 Å². The summed E-state index contributed by atoms with van der Waals surface area (Å²) in [6.07, 6.45) is -2.63. The quantitative estimate of drug-likeness (QED) is 0.620. The van der Waals surface area contributed by atoms with Crippen LogP contribution in [-0.4, -0.2) is 55.8 Å². The molecule has 2 aliphatic heterocycles. The third-order valence-electron chi connectivity index (χ3n) is 7.26. The van der Waals surface area contributed by atoms with E-state index in [4.69, 9.17) is 5.73 Å². The van der Waals surface area contributed by atoms with Crippen LogP contribution in [0.5, 0.6) is 0 Å². The molecule has 1 unspecified atom stereocenters. The predicted octanol–water partition coefficient (Wildman–Crippen LogP) is 2.53. The van der Waals surface area contributed by atoms with Crippen molar-refractivity contribution in [2.24, 2.45) is 23.5 Å². The van der Waals surface area contributed by atoms with E-state index < -0.39 is 21.8 Å². The fourth-order valence-electron chi connectivity index (χ4n) is 5.23. The smallest absolute Gasteiger partial charge is 0.371 e. The third kappa shape index (κ3) is 4.68. The fraction of sp³-hybridized carbons (Fsp3) is 0.478. The molecule has 2 saturated heterocycles. The first-order valence-corrected chi connectivity index (χ1v) is 12.9. The second-order valence-corrected chi connectivity index (χ2v) is 11.3. The number of hydrogen-bond donors (Lipinski definition) is 2. The van der Waals surface area contributed by atoms with E-state index in [-0.39, 0.29) is 22.8 Å². The summed E-state index contributed by atoms with van der Waals surface area (Å²) < 4.78 is 65.7. The van der Waals surface area contributed by atoms with Gasteiger partial charge in [0.1, 0.15) is 5.82 Å². The Labute approximate surface area is 201 Å². The number of carbonyl (C=O) groups is 1. The number of hydrogen-bond acceptors (Lipinski definition) is 6. The number of aromatic nitrogens is 1. The van der Waals surface area contributed by atoms with Crippen LogP contribution in [0.1, 0.15) is 18.4 Å². The van der Waals surface area contributed by atoms with Gasteiger partial charge in [-0.2, -0.15) is 17.5 Å². The number of amides is 1. The van der Waals surface area contributed by atoms with Gasteiger partial charge in [-0.05, 0) is 61.1 Å². The van der Waals surface area contributed by atoms with Gasteiger partial charge in [-0.3, -0.25) is 4.79 Å². The molecule has 0 bridgehead atoms. The lowest BCUT2D eigenvalue weighted by molar-refractivity contribution is -0.137. The lowest BCUT2D eigenvalue weighted by atomic mass is 10.1. The van der Waals surface area contributed by atoms with E-state index in [1.807, 2.05) is 0 Å². The van der Waals surface area contributed by atoms with E-state index in [0.29, 0.717) is 43.6 Å². The topological polar surface area (TPSA) is 109 Å². The number of pyridine rings is 1. The largest absolute Gasteiger partial charge is 0.417 e. The molecule has 3 N–H and O–H groups in total. The molecule has 1 saturated carbocycles. The zero-order valence-electron chi connectivity index (χ0n) is 18.8. The first kappa shape index (κ1) is 23.9. The van der Waals surface area contributed by atoms with Crippen LogP contribution < -0.4 is 16.0 Å². The van der Waals surface area contributed by atoms with Gasteiger partial charge in [0.25, 0.3) is 0 Å². The predicted molar refractivity (Wildman–Crippen MR) is 123 cm³/mol. The normalized spacial score (nSPS) is 25.3. The van der Waals surface area contributed by atoms with Crippen LogP contribution in [0.15, 0.2) is 47.5 Å². The zero-order valence-corrected chi connectivity index (χ0v) is 19.6. The minimum absolute atomic E-state index is 0.0293. The number of nitrogens with zero attached hydrogens (tertiary/aromatic N) is 3. The summed E-state index contributed by atoms with van der Waals surface area (Å²) in [5.74, 6) is 0.651. The molecule has 1 amide bonds. The molecular weight excluding hydrogens is 483 g/mol. The van der Waals surface area contributed by atoms with Gasteiger partial charge in [-0.1, -0.05) is 0 Å². The molecule has 3 aliphatic rings. The van der Waals surface area contributed by atoms with Crippen molar-refractivity contribution in [3.05, 3.63) is 48.2 Å². The molecule has 12 heteroatoms. The Balaban J connectivity index is 1.15. The van der Waals surface area contributed by atoms with Crippen molar-refractivity contribution < 1.29 is 26.4 Å². The molecule has 0 spiro atoms. The van der Waals surface area contributed by atoms with Gasteiger partial charge in [0.05, 0.1) is 10.5 Å². The van der Waals surface area contributed by atoms with Crippen LogP contribution in [0.25, 0.3) is 0 Å². The summed E-state index contributed by atoms with van der Waals surface area (Å²) >= 11 is 0. The van der Waals surface area contributed by atoms with Gasteiger partial charge in [-0.25, -0.2) is 13.4 Å². The number of carbonyl (C=O) groups excluding carboxylic acids is 1. The Hall–Kier alpha value is -2.86. The molecule has 1 aliphatic carbocycles. The first-order chi connectivity index (χ1) is 16.5. The Bertz CT molecular complexity index is 1180. The number of piperidine rings is 2. The summed E-state index contributed by atoms with van der Waals surface area (Å²) in [7, 11) is -3.66. The van der Waals surface area contributed by atoms with E-state index in [9.17, 15) is 26.4 Å². The zero-order chi connectivity index (χ0) is 25.0. The summed E-state index contributed by atoms with van der Waals surface area (Å²) in [5, 5.41) is 3.09. The Kier molecular flexibility index (Phi) is 5.91. The maximum atomic E-state index is 13.1. The molecule has 5 rings (SSSR count). The van der Waals surface area contributed by atoms with Crippen molar-refractivity contribution in [1.29, 1.82) is 0 Å². The Morgan fingerprint density at radius 2 is 1.66 bits per heavy atom. The van der Waals surface area contributed by atoms with Crippen LogP contribution in [0.2, 0.25) is 0 Å². The van der Waals surface area contributed by atoms with Gasteiger partial charge in [-0.15, -0.1) is 0 Å². The second kappa shape index (κ2) is 8.66. The molecule has 8 nitrogen and oxygen atoms in total. The van der Waals surface area contributed by atoms with Crippen molar-refractivity contribution in [3.8, 4) is 0 Å². The lowest BCUT2D eigenvalue weighted by Crippen LogP contribution is -2.42. The highest BCUT2D eigenvalue weighted by Crippen LogP contribution is 2.52. The Morgan fingerprint density at radius 1 is 1.03 bits per heavy atom. The number of benzene rings is 1. The number of sulfonamides is 1. The van der Waals surface area contributed by atoms with Crippen LogP contribution >= 0.6 is 0 Å². The van der Waals surface area contributed by atoms with Crippen LogP contribution in [-0.2, 0) is 21.0 Å². The van der Waals surface area contributed by atoms with Crippen LogP contribution in [0.4, 0.5) is 24.7 Å². The molecule has 3 fully saturated rings. The van der Waals surface area contributed by atoms with Gasteiger partial charge < -0.3 is 16.0 Å². The molecule has 1 aromatic heterocycles. The highest BCUT2D eigenvalue weighted by Gasteiger charge is 2.58. The number of anilines is 2. The average Bonchev–Trinajstić information content (AvgIpc) is 3.34. The van der Waals surface area contributed by atoms with Crippen molar-refractivity contribution in [1.82, 2.24) is 9.29 Å². The highest BCUT2D eigenvalue weighted by molar-refractivity contribution is 7.89. The van der Waals surface area contributed by atoms with E-state index >= 15 is 0 Å². The number of alkyl halides is 3. The molecule has 3 atom stereocenters. The molecule has 1 aromatic carbocycles. The van der Waals surface area contributed by atoms with E-state index in [0.717, 1.165) is 31.0 Å². The van der Waals surface area contributed by atoms with Gasteiger partial charge in [0.2, 0.25) is 15.9 Å². The number of nitrogens with one attached hydrogen (secondary N) is 1. The summed E-state index contributed by atoms with van der Waals surface area (Å²) in [6.45, 7) is 2.09. The van der Waals surface area contributed by atoms with Crippen molar-refractivity contribution >= 4 is 27.4 Å². The number of fused-ring (bicyclic) bond motifs is 1. The molecule has 2 aromatic rings. The summed E-state index contributed by atoms with van der Waals surface area (Å²) in [5.41, 5.74) is 5.51. The molecule has 35 heavy (non-hydrogen) atoms. The number of nitrogens with two attached hydrogens (primary N) is 1. The average molecular weight is 510 g/mol. The maximum Gasteiger partial charge on any atom is 0.417 e. The van der Waals surface area contributed by atoms with Gasteiger partial charge >= 0.3 is 6.18 Å². The minimum atomic E-state index is -4.44. The molecular formula is C23H26F3N5O3S. The van der Waals surface area contributed by atoms with E-state index in [1.54, 1.807) is 24.3 Å². The lowest BCUT2D eigenvalue weighted by Gasteiger charge is -2.32. The Morgan fingerprint density at radius 3 is 2.17 bits per heavy atom. The molecule has 3 heterocycles. The second-order valence-electron chi connectivity index (χ2n) is 9.41. The first-order valence-electron chi connectivity index (χ1n) is 11.5. The number of halogens is 3.